The van der Waals surface area contributed by atoms with Gasteiger partial charge in [0.15, 0.2) is 0 Å². The molecular formula is C22H26N2O5. The van der Waals surface area contributed by atoms with Crippen molar-refractivity contribution in [3.63, 3.8) is 0 Å². The highest BCUT2D eigenvalue weighted by Crippen LogP contribution is 2.17. The molecular weight excluding hydrogens is 372 g/mol. The molecule has 7 heteroatoms. The molecule has 0 aromatic heterocycles. The number of carbonyl (C=O) groups excluding carboxylic acids is 3. The molecule has 0 atom stereocenters. The lowest BCUT2D eigenvalue weighted by atomic mass is 10.1. The van der Waals surface area contributed by atoms with Gasteiger partial charge in [0.05, 0.1) is 25.0 Å². The first-order chi connectivity index (χ1) is 13.9. The van der Waals surface area contributed by atoms with Gasteiger partial charge in [0.25, 0.3) is 0 Å². The number of anilines is 1. The number of nitrogens with zero attached hydrogens (tertiary/aromatic N) is 1. The molecule has 154 valence electrons. The minimum absolute atomic E-state index is 0.104. The smallest absolute Gasteiger partial charge is 0.340 e. The fourth-order valence-corrected chi connectivity index (χ4v) is 2.73. The van der Waals surface area contributed by atoms with Gasteiger partial charge in [-0.1, -0.05) is 24.3 Å². The first-order valence-electron chi connectivity index (χ1n) is 9.39. The van der Waals surface area contributed by atoms with Crippen LogP contribution in [0.3, 0.4) is 0 Å². The number of hydrogen-bond donors (Lipinski definition) is 1. The molecule has 0 saturated heterocycles. The average molecular weight is 398 g/mol. The van der Waals surface area contributed by atoms with E-state index in [2.05, 4.69) is 5.32 Å². The van der Waals surface area contributed by atoms with E-state index in [1.165, 1.54) is 6.92 Å². The number of rotatable bonds is 9. The second-order valence-corrected chi connectivity index (χ2v) is 6.35. The summed E-state index contributed by atoms with van der Waals surface area (Å²) in [5.41, 5.74) is 1.62. The molecule has 0 bridgehead atoms. The largest absolute Gasteiger partial charge is 0.497 e. The van der Waals surface area contributed by atoms with E-state index < -0.39 is 5.97 Å². The zero-order valence-corrected chi connectivity index (χ0v) is 16.9. The van der Waals surface area contributed by atoms with Crippen molar-refractivity contribution in [2.75, 3.05) is 25.6 Å². The lowest BCUT2D eigenvalue weighted by molar-refractivity contribution is -0.129. The molecule has 0 unspecified atom stereocenters. The van der Waals surface area contributed by atoms with Crippen LogP contribution in [0.2, 0.25) is 0 Å². The van der Waals surface area contributed by atoms with Crippen LogP contribution in [0.15, 0.2) is 48.5 Å². The average Bonchev–Trinajstić information content (AvgIpc) is 2.72. The van der Waals surface area contributed by atoms with Crippen LogP contribution in [0.25, 0.3) is 0 Å². The van der Waals surface area contributed by atoms with Gasteiger partial charge >= 0.3 is 5.97 Å². The summed E-state index contributed by atoms with van der Waals surface area (Å²) in [5, 5.41) is 2.73. The third-order valence-corrected chi connectivity index (χ3v) is 4.28. The summed E-state index contributed by atoms with van der Waals surface area (Å²) in [6, 6.07) is 14.1. The lowest BCUT2D eigenvalue weighted by Crippen LogP contribution is -2.31. The maximum atomic E-state index is 12.4. The first kappa shape index (κ1) is 21.9. The van der Waals surface area contributed by atoms with Crippen molar-refractivity contribution in [2.24, 2.45) is 0 Å². The molecule has 29 heavy (non-hydrogen) atoms. The van der Waals surface area contributed by atoms with Crippen molar-refractivity contribution < 1.29 is 23.9 Å². The van der Waals surface area contributed by atoms with Crippen LogP contribution in [0.4, 0.5) is 5.69 Å². The topological polar surface area (TPSA) is 84.9 Å². The van der Waals surface area contributed by atoms with Gasteiger partial charge in [0, 0.05) is 26.4 Å². The molecule has 0 aliphatic carbocycles. The minimum atomic E-state index is -0.492. The Labute approximate surface area is 170 Å². The fraction of sp³-hybridized carbons (Fsp3) is 0.318. The van der Waals surface area contributed by atoms with Crippen molar-refractivity contribution in [1.29, 1.82) is 0 Å². The monoisotopic (exact) mass is 398 g/mol. The maximum absolute atomic E-state index is 12.4. The first-order valence-corrected chi connectivity index (χ1v) is 9.39. The standard InChI is InChI=1S/C22H26N2O5/c1-4-29-22(27)19-7-5-6-8-20(19)23-21(26)13-14-24(16(2)25)15-17-9-11-18(28-3)12-10-17/h5-12H,4,13-15H2,1-3H3,(H,23,26). The number of esters is 1. The van der Waals surface area contributed by atoms with Crippen molar-refractivity contribution in [2.45, 2.75) is 26.8 Å². The zero-order valence-electron chi connectivity index (χ0n) is 16.9. The predicted octanol–water partition coefficient (Wildman–Crippen LogP) is 3.25. The van der Waals surface area contributed by atoms with E-state index in [1.807, 2.05) is 24.3 Å². The highest BCUT2D eigenvalue weighted by Gasteiger charge is 2.16. The number of amides is 2. The van der Waals surface area contributed by atoms with Crippen molar-refractivity contribution >= 4 is 23.5 Å². The van der Waals surface area contributed by atoms with Crippen molar-refractivity contribution in [3.05, 3.63) is 59.7 Å². The summed E-state index contributed by atoms with van der Waals surface area (Å²) in [4.78, 5) is 38.0. The highest BCUT2D eigenvalue weighted by atomic mass is 16.5. The Morgan fingerprint density at radius 2 is 1.72 bits per heavy atom. The van der Waals surface area contributed by atoms with Gasteiger partial charge < -0.3 is 19.7 Å². The summed E-state index contributed by atoms with van der Waals surface area (Å²) in [6.07, 6.45) is 0.104. The number of carbonyl (C=O) groups is 3. The molecule has 1 N–H and O–H groups in total. The Bertz CT molecular complexity index is 849. The molecule has 2 aromatic rings. The second-order valence-electron chi connectivity index (χ2n) is 6.35. The number of ether oxygens (including phenoxy) is 2. The summed E-state index contributed by atoms with van der Waals surface area (Å²) >= 11 is 0. The summed E-state index contributed by atoms with van der Waals surface area (Å²) in [6.45, 7) is 4.09. The Kier molecular flexibility index (Phi) is 8.21. The van der Waals surface area contributed by atoms with Gasteiger partial charge in [-0.3, -0.25) is 9.59 Å². The van der Waals surface area contributed by atoms with Crippen LogP contribution in [0.1, 0.15) is 36.2 Å². The molecule has 2 amide bonds. The van der Waals surface area contributed by atoms with Gasteiger partial charge in [-0.15, -0.1) is 0 Å². The van der Waals surface area contributed by atoms with Gasteiger partial charge in [-0.25, -0.2) is 4.79 Å². The Morgan fingerprint density at radius 3 is 2.34 bits per heavy atom. The second kappa shape index (κ2) is 10.8. The Morgan fingerprint density at radius 1 is 1.03 bits per heavy atom. The predicted molar refractivity (Wildman–Crippen MR) is 110 cm³/mol. The summed E-state index contributed by atoms with van der Waals surface area (Å²) < 4.78 is 10.1. The van der Waals surface area contributed by atoms with E-state index in [0.29, 0.717) is 17.8 Å². The van der Waals surface area contributed by atoms with Crippen LogP contribution in [-0.4, -0.2) is 42.9 Å². The number of para-hydroxylation sites is 1. The zero-order chi connectivity index (χ0) is 21.2. The van der Waals surface area contributed by atoms with Crippen molar-refractivity contribution in [1.82, 2.24) is 4.90 Å². The van der Waals surface area contributed by atoms with Crippen molar-refractivity contribution in [3.8, 4) is 5.75 Å². The highest BCUT2D eigenvalue weighted by molar-refractivity contribution is 6.01. The molecule has 0 aliphatic heterocycles. The van der Waals surface area contributed by atoms with Gasteiger partial charge in [0.1, 0.15) is 5.75 Å². The summed E-state index contributed by atoms with van der Waals surface area (Å²) in [7, 11) is 1.59. The van der Waals surface area contributed by atoms with Crippen LogP contribution < -0.4 is 10.1 Å². The van der Waals surface area contributed by atoms with Gasteiger partial charge in [-0.2, -0.15) is 0 Å². The van der Waals surface area contributed by atoms with Gasteiger partial charge in [0.2, 0.25) is 11.8 Å². The molecule has 2 aromatic carbocycles. The molecule has 2 rings (SSSR count). The Hall–Kier alpha value is -3.35. The molecule has 0 spiro atoms. The van der Waals surface area contributed by atoms with Crippen LogP contribution in [0.5, 0.6) is 5.75 Å². The van der Waals surface area contributed by atoms with Gasteiger partial charge in [-0.05, 0) is 36.8 Å². The SMILES string of the molecule is CCOC(=O)c1ccccc1NC(=O)CCN(Cc1ccc(OC)cc1)C(C)=O. The maximum Gasteiger partial charge on any atom is 0.340 e. The number of benzene rings is 2. The quantitative estimate of drug-likeness (QED) is 0.656. The molecule has 0 radical (unpaired) electrons. The molecule has 7 nitrogen and oxygen atoms in total. The van der Waals surface area contributed by atoms with Crippen LogP contribution in [0, 0.1) is 0 Å². The lowest BCUT2D eigenvalue weighted by Gasteiger charge is -2.21. The van der Waals surface area contributed by atoms with E-state index >= 15 is 0 Å². The van der Waals surface area contributed by atoms with E-state index in [0.717, 1.165) is 11.3 Å². The summed E-state index contributed by atoms with van der Waals surface area (Å²) in [5.74, 6) is -0.167. The third-order valence-electron chi connectivity index (χ3n) is 4.28. The van der Waals surface area contributed by atoms with E-state index in [1.54, 1.807) is 43.2 Å². The fourth-order valence-electron chi connectivity index (χ4n) is 2.73. The minimum Gasteiger partial charge on any atom is -0.497 e. The van der Waals surface area contributed by atoms with Crippen LogP contribution >= 0.6 is 0 Å². The molecule has 0 fully saturated rings. The van der Waals surface area contributed by atoms with E-state index in [9.17, 15) is 14.4 Å². The normalized spacial score (nSPS) is 10.2. The van der Waals surface area contributed by atoms with E-state index in [-0.39, 0.29) is 31.4 Å². The number of nitrogens with one attached hydrogen (secondary N) is 1. The van der Waals surface area contributed by atoms with E-state index in [4.69, 9.17) is 9.47 Å². The van der Waals surface area contributed by atoms with Crippen LogP contribution in [-0.2, 0) is 20.9 Å². The molecule has 0 aliphatic rings. The Balaban J connectivity index is 1.97. The number of methoxy groups -OCH3 is 1. The number of hydrogen-bond acceptors (Lipinski definition) is 5. The third kappa shape index (κ3) is 6.64. The molecule has 0 heterocycles. The molecule has 0 saturated carbocycles.